The zero-order valence-electron chi connectivity index (χ0n) is 14.6. The number of rotatable bonds is 9. The Hall–Kier alpha value is -2.29. The molecule has 2 aromatic heterocycles. The minimum atomic E-state index is -0.415. The van der Waals surface area contributed by atoms with Gasteiger partial charge in [-0.2, -0.15) is 0 Å². The van der Waals surface area contributed by atoms with E-state index in [2.05, 4.69) is 10.2 Å². The largest absolute Gasteiger partial charge is 0.461 e. The molecule has 0 bridgehead atoms. The highest BCUT2D eigenvalue weighted by Gasteiger charge is 2.24. The first kappa shape index (κ1) is 19.0. The topological polar surface area (TPSA) is 107 Å². The van der Waals surface area contributed by atoms with E-state index >= 15 is 0 Å². The van der Waals surface area contributed by atoms with Crippen LogP contribution in [0, 0.1) is 0 Å². The predicted molar refractivity (Wildman–Crippen MR) is 94.8 cm³/mol. The summed E-state index contributed by atoms with van der Waals surface area (Å²) in [5.74, 6) is 0.684. The summed E-state index contributed by atoms with van der Waals surface area (Å²) in [6.07, 6.45) is 1.69. The fraction of sp³-hybridized carbons (Fsp3) is 0.500. The molecular weight excluding hydrogens is 342 g/mol. The van der Waals surface area contributed by atoms with Crippen molar-refractivity contribution in [3.05, 3.63) is 18.4 Å². The van der Waals surface area contributed by atoms with Gasteiger partial charge in [0.1, 0.15) is 0 Å². The van der Waals surface area contributed by atoms with Crippen molar-refractivity contribution in [2.45, 2.75) is 44.1 Å². The average molecular weight is 365 g/mol. The Kier molecular flexibility index (Phi) is 6.63. The van der Waals surface area contributed by atoms with E-state index in [9.17, 15) is 9.59 Å². The zero-order chi connectivity index (χ0) is 18.4. The number of aromatic nitrogens is 3. The van der Waals surface area contributed by atoms with Crippen LogP contribution in [0.2, 0.25) is 0 Å². The SMILES string of the molecule is CCN(CC)C(=O)C(C)Sc1nnc(-c2ccco2)n1CCC(N)=O. The molecule has 25 heavy (non-hydrogen) atoms. The Balaban J connectivity index is 2.24. The highest BCUT2D eigenvalue weighted by Crippen LogP contribution is 2.28. The molecule has 2 rings (SSSR count). The molecule has 0 aromatic carbocycles. The molecule has 2 amide bonds. The number of hydrogen-bond donors (Lipinski definition) is 1. The monoisotopic (exact) mass is 365 g/mol. The molecule has 2 aromatic rings. The van der Waals surface area contributed by atoms with E-state index in [4.69, 9.17) is 10.2 Å². The molecule has 0 aliphatic carbocycles. The number of furan rings is 1. The summed E-state index contributed by atoms with van der Waals surface area (Å²) in [7, 11) is 0. The third-order valence-corrected chi connectivity index (χ3v) is 4.81. The van der Waals surface area contributed by atoms with Crippen LogP contribution in [0.5, 0.6) is 0 Å². The predicted octanol–water partition coefficient (Wildman–Crippen LogP) is 1.76. The molecule has 0 fully saturated rings. The number of primary amides is 1. The molecule has 2 N–H and O–H groups in total. The van der Waals surface area contributed by atoms with Gasteiger partial charge in [-0.15, -0.1) is 10.2 Å². The van der Waals surface area contributed by atoms with Gasteiger partial charge in [-0.05, 0) is 32.9 Å². The Morgan fingerprint density at radius 1 is 1.36 bits per heavy atom. The minimum absolute atomic E-state index is 0.0407. The van der Waals surface area contributed by atoms with E-state index in [1.165, 1.54) is 11.8 Å². The van der Waals surface area contributed by atoms with Crippen molar-refractivity contribution < 1.29 is 14.0 Å². The molecule has 1 atom stereocenters. The van der Waals surface area contributed by atoms with E-state index in [1.54, 1.807) is 27.9 Å². The van der Waals surface area contributed by atoms with Crippen LogP contribution in [0.1, 0.15) is 27.2 Å². The molecule has 9 heteroatoms. The van der Waals surface area contributed by atoms with Gasteiger partial charge in [0.25, 0.3) is 0 Å². The maximum Gasteiger partial charge on any atom is 0.235 e. The van der Waals surface area contributed by atoms with Gasteiger partial charge < -0.3 is 15.1 Å². The Morgan fingerprint density at radius 3 is 2.64 bits per heavy atom. The molecule has 0 radical (unpaired) electrons. The summed E-state index contributed by atoms with van der Waals surface area (Å²) in [6, 6.07) is 3.52. The van der Waals surface area contributed by atoms with Crippen LogP contribution in [-0.2, 0) is 16.1 Å². The van der Waals surface area contributed by atoms with Crippen molar-refractivity contribution in [1.82, 2.24) is 19.7 Å². The first-order valence-electron chi connectivity index (χ1n) is 8.18. The quantitative estimate of drug-likeness (QED) is 0.679. The number of amides is 2. The molecule has 8 nitrogen and oxygen atoms in total. The highest BCUT2D eigenvalue weighted by atomic mass is 32.2. The van der Waals surface area contributed by atoms with E-state index in [0.717, 1.165) is 0 Å². The average Bonchev–Trinajstić information content (AvgIpc) is 3.23. The summed E-state index contributed by atoms with van der Waals surface area (Å²) < 4.78 is 7.15. The number of carbonyl (C=O) groups excluding carboxylic acids is 2. The van der Waals surface area contributed by atoms with Crippen molar-refractivity contribution >= 4 is 23.6 Å². The molecule has 0 saturated carbocycles. The number of nitrogens with two attached hydrogens (primary N) is 1. The smallest absolute Gasteiger partial charge is 0.235 e. The van der Waals surface area contributed by atoms with Gasteiger partial charge in [-0.25, -0.2) is 0 Å². The lowest BCUT2D eigenvalue weighted by Crippen LogP contribution is -2.36. The Bertz CT molecular complexity index is 709. The molecular formula is C16H23N5O3S. The molecule has 0 aliphatic heterocycles. The van der Waals surface area contributed by atoms with Crippen molar-refractivity contribution in [3.8, 4) is 11.6 Å². The van der Waals surface area contributed by atoms with Crippen LogP contribution < -0.4 is 5.73 Å². The van der Waals surface area contributed by atoms with E-state index in [0.29, 0.717) is 36.4 Å². The molecule has 0 spiro atoms. The second kappa shape index (κ2) is 8.70. The molecule has 1 unspecified atom stereocenters. The van der Waals surface area contributed by atoms with Crippen molar-refractivity contribution in [1.29, 1.82) is 0 Å². The molecule has 136 valence electrons. The first-order chi connectivity index (χ1) is 12.0. The van der Waals surface area contributed by atoms with Crippen molar-refractivity contribution in [2.75, 3.05) is 13.1 Å². The first-order valence-corrected chi connectivity index (χ1v) is 9.06. The number of nitrogens with zero attached hydrogens (tertiary/aromatic N) is 4. The Morgan fingerprint density at radius 2 is 2.08 bits per heavy atom. The summed E-state index contributed by atoms with van der Waals surface area (Å²) in [6.45, 7) is 7.38. The Labute approximate surface area is 150 Å². The third-order valence-electron chi connectivity index (χ3n) is 3.75. The molecule has 0 aliphatic rings. The molecule has 2 heterocycles. The van der Waals surface area contributed by atoms with E-state index in [1.807, 2.05) is 20.8 Å². The number of hydrogen-bond acceptors (Lipinski definition) is 6. The van der Waals surface area contributed by atoms with E-state index < -0.39 is 5.91 Å². The van der Waals surface area contributed by atoms with Gasteiger partial charge in [0, 0.05) is 26.1 Å². The summed E-state index contributed by atoms with van der Waals surface area (Å²) in [4.78, 5) is 25.4. The van der Waals surface area contributed by atoms with E-state index in [-0.39, 0.29) is 17.6 Å². The summed E-state index contributed by atoms with van der Waals surface area (Å²) in [5.41, 5.74) is 5.27. The minimum Gasteiger partial charge on any atom is -0.461 e. The van der Waals surface area contributed by atoms with Crippen LogP contribution in [0.3, 0.4) is 0 Å². The lowest BCUT2D eigenvalue weighted by molar-refractivity contribution is -0.129. The van der Waals surface area contributed by atoms with Gasteiger partial charge in [0.15, 0.2) is 16.7 Å². The summed E-state index contributed by atoms with van der Waals surface area (Å²) in [5, 5.41) is 8.57. The summed E-state index contributed by atoms with van der Waals surface area (Å²) >= 11 is 1.31. The van der Waals surface area contributed by atoms with Gasteiger partial charge in [-0.1, -0.05) is 11.8 Å². The number of carbonyl (C=O) groups is 2. The van der Waals surface area contributed by atoms with Crippen LogP contribution in [-0.4, -0.2) is 49.8 Å². The number of thioether (sulfide) groups is 1. The fourth-order valence-corrected chi connectivity index (χ4v) is 3.35. The second-order valence-corrected chi connectivity index (χ2v) is 6.73. The van der Waals surface area contributed by atoms with Gasteiger partial charge >= 0.3 is 0 Å². The lowest BCUT2D eigenvalue weighted by Gasteiger charge is -2.22. The zero-order valence-corrected chi connectivity index (χ0v) is 15.5. The van der Waals surface area contributed by atoms with Crippen LogP contribution in [0.4, 0.5) is 0 Å². The van der Waals surface area contributed by atoms with Crippen LogP contribution in [0.15, 0.2) is 28.0 Å². The van der Waals surface area contributed by atoms with Gasteiger partial charge in [0.2, 0.25) is 11.8 Å². The third kappa shape index (κ3) is 4.62. The van der Waals surface area contributed by atoms with Crippen molar-refractivity contribution in [3.63, 3.8) is 0 Å². The maximum atomic E-state index is 12.5. The fourth-order valence-electron chi connectivity index (χ4n) is 2.39. The van der Waals surface area contributed by atoms with Gasteiger partial charge in [-0.3, -0.25) is 14.2 Å². The second-order valence-electron chi connectivity index (χ2n) is 5.42. The van der Waals surface area contributed by atoms with Crippen molar-refractivity contribution in [2.24, 2.45) is 5.73 Å². The normalized spacial score (nSPS) is 12.1. The maximum absolute atomic E-state index is 12.5. The lowest BCUT2D eigenvalue weighted by atomic mass is 10.3. The van der Waals surface area contributed by atoms with Crippen LogP contribution >= 0.6 is 11.8 Å². The standard InChI is InChI=1S/C16H23N5O3S/c1-4-20(5-2)15(23)11(3)25-16-19-18-14(12-7-6-10-24-12)21(16)9-8-13(17)22/h6-7,10-11H,4-5,8-9H2,1-3H3,(H2,17,22). The molecule has 0 saturated heterocycles. The van der Waals surface area contributed by atoms with Crippen LogP contribution in [0.25, 0.3) is 11.6 Å². The highest BCUT2D eigenvalue weighted by molar-refractivity contribution is 8.00. The van der Waals surface area contributed by atoms with Gasteiger partial charge in [0.05, 0.1) is 11.5 Å².